The Morgan fingerprint density at radius 3 is 2.31 bits per heavy atom. The molecule has 1 unspecified atom stereocenters. The molecule has 1 aliphatic heterocycles. The molecule has 0 fully saturated rings. The van der Waals surface area contributed by atoms with E-state index in [2.05, 4.69) is 5.48 Å². The maximum absolute atomic E-state index is 13.9. The lowest BCUT2D eigenvalue weighted by Crippen LogP contribution is -2.42. The van der Waals surface area contributed by atoms with Crippen molar-refractivity contribution in [2.75, 3.05) is 0 Å². The molecular weight excluding hydrogens is 388 g/mol. The number of nitrogens with one attached hydrogen (secondary N) is 1. The molecule has 1 aliphatic rings. The first kappa shape index (κ1) is 18.6. The summed E-state index contributed by atoms with van der Waals surface area (Å²) < 4.78 is 41.7. The lowest BCUT2D eigenvalue weighted by atomic mass is 9.91. The maximum Gasteiger partial charge on any atom is 0.428 e. The number of hydrogen-bond donors (Lipinski definition) is 1. The summed E-state index contributed by atoms with van der Waals surface area (Å²) >= 11 is 11.7. The van der Waals surface area contributed by atoms with Crippen LogP contribution in [-0.2, 0) is 10.4 Å². The summed E-state index contributed by atoms with van der Waals surface area (Å²) in [5.41, 5.74) is 1.04. The van der Waals surface area contributed by atoms with Gasteiger partial charge in [0.15, 0.2) is 0 Å². The SMILES string of the molecule is Cc1cc(C2=CC(c3cc(Cl)cc(Cl)c3)(C(F)(F)F)ON2)ccc1C#N. The normalized spacial score (nSPS) is 19.7. The summed E-state index contributed by atoms with van der Waals surface area (Å²) in [6, 6.07) is 10.4. The molecule has 1 heterocycles. The van der Waals surface area contributed by atoms with Crippen molar-refractivity contribution in [2.24, 2.45) is 0 Å². The molecule has 0 saturated carbocycles. The molecule has 3 nitrogen and oxygen atoms in total. The average Bonchev–Trinajstić information content (AvgIpc) is 3.00. The van der Waals surface area contributed by atoms with Crippen LogP contribution in [0, 0.1) is 18.3 Å². The highest BCUT2D eigenvalue weighted by Crippen LogP contribution is 2.48. The summed E-state index contributed by atoms with van der Waals surface area (Å²) in [5, 5.41) is 9.12. The summed E-state index contributed by atoms with van der Waals surface area (Å²) in [6.07, 6.45) is -3.83. The van der Waals surface area contributed by atoms with Crippen LogP contribution >= 0.6 is 23.2 Å². The predicted molar refractivity (Wildman–Crippen MR) is 92.3 cm³/mol. The number of nitriles is 1. The molecule has 0 spiro atoms. The van der Waals surface area contributed by atoms with Crippen molar-refractivity contribution in [2.45, 2.75) is 18.7 Å². The van der Waals surface area contributed by atoms with E-state index in [1.54, 1.807) is 19.1 Å². The van der Waals surface area contributed by atoms with E-state index in [9.17, 15) is 13.2 Å². The van der Waals surface area contributed by atoms with Crippen LogP contribution in [-0.4, -0.2) is 6.18 Å². The zero-order valence-electron chi connectivity index (χ0n) is 13.3. The fourth-order valence-corrected chi connectivity index (χ4v) is 3.24. The van der Waals surface area contributed by atoms with Crippen molar-refractivity contribution >= 4 is 28.9 Å². The smallest absolute Gasteiger partial charge is 0.265 e. The van der Waals surface area contributed by atoms with Crippen LogP contribution < -0.4 is 5.48 Å². The highest BCUT2D eigenvalue weighted by molar-refractivity contribution is 6.34. The first-order valence-corrected chi connectivity index (χ1v) is 8.13. The van der Waals surface area contributed by atoms with Crippen molar-refractivity contribution in [3.63, 3.8) is 0 Å². The molecule has 1 atom stereocenters. The number of rotatable bonds is 2. The monoisotopic (exact) mass is 398 g/mol. The van der Waals surface area contributed by atoms with Gasteiger partial charge in [0.25, 0.3) is 0 Å². The molecule has 1 N–H and O–H groups in total. The van der Waals surface area contributed by atoms with Gasteiger partial charge >= 0.3 is 6.18 Å². The van der Waals surface area contributed by atoms with Gasteiger partial charge in [0.05, 0.1) is 17.3 Å². The summed E-state index contributed by atoms with van der Waals surface area (Å²) in [5.74, 6) is 0. The van der Waals surface area contributed by atoms with Crippen molar-refractivity contribution in [1.29, 1.82) is 5.26 Å². The molecule has 0 amide bonds. The molecule has 0 radical (unpaired) electrons. The van der Waals surface area contributed by atoms with Crippen molar-refractivity contribution < 1.29 is 18.0 Å². The van der Waals surface area contributed by atoms with Gasteiger partial charge in [-0.1, -0.05) is 29.3 Å². The average molecular weight is 399 g/mol. The first-order valence-electron chi connectivity index (χ1n) is 7.37. The van der Waals surface area contributed by atoms with E-state index in [4.69, 9.17) is 33.3 Å². The molecule has 8 heteroatoms. The molecule has 0 saturated heterocycles. The van der Waals surface area contributed by atoms with Gasteiger partial charge in [0.1, 0.15) is 0 Å². The molecule has 26 heavy (non-hydrogen) atoms. The number of aryl methyl sites for hydroxylation is 1. The van der Waals surface area contributed by atoms with E-state index in [0.717, 1.165) is 18.2 Å². The van der Waals surface area contributed by atoms with Crippen molar-refractivity contribution in [3.8, 4) is 6.07 Å². The summed E-state index contributed by atoms with van der Waals surface area (Å²) in [7, 11) is 0. The van der Waals surface area contributed by atoms with Crippen molar-refractivity contribution in [1.82, 2.24) is 5.48 Å². The van der Waals surface area contributed by atoms with Gasteiger partial charge in [-0.3, -0.25) is 10.3 Å². The zero-order chi connectivity index (χ0) is 19.1. The molecule has 0 bridgehead atoms. The van der Waals surface area contributed by atoms with Crippen LogP contribution in [0.2, 0.25) is 10.0 Å². The summed E-state index contributed by atoms with van der Waals surface area (Å²) in [6.45, 7) is 1.70. The Labute approximate surface area is 157 Å². The van der Waals surface area contributed by atoms with Crippen LogP contribution in [0.4, 0.5) is 13.2 Å². The van der Waals surface area contributed by atoms with E-state index >= 15 is 0 Å². The van der Waals surface area contributed by atoms with Gasteiger partial charge in [-0.15, -0.1) is 0 Å². The van der Waals surface area contributed by atoms with Gasteiger partial charge in [-0.05, 0) is 48.9 Å². The van der Waals surface area contributed by atoms with Crippen molar-refractivity contribution in [3.05, 3.63) is 74.8 Å². The number of benzene rings is 2. The molecular formula is C18H11Cl2F3N2O. The first-order chi connectivity index (χ1) is 12.2. The second-order valence-corrected chi connectivity index (χ2v) is 6.67. The van der Waals surface area contributed by atoms with Gasteiger partial charge < -0.3 is 0 Å². The lowest BCUT2D eigenvalue weighted by molar-refractivity contribution is -0.269. The van der Waals surface area contributed by atoms with E-state index in [1.807, 2.05) is 6.07 Å². The third-order valence-electron chi connectivity index (χ3n) is 4.04. The van der Waals surface area contributed by atoms with Gasteiger partial charge in [0, 0.05) is 21.2 Å². The minimum absolute atomic E-state index is 0.0655. The van der Waals surface area contributed by atoms with Crippen LogP contribution in [0.1, 0.15) is 22.3 Å². The van der Waals surface area contributed by atoms with Gasteiger partial charge in [-0.2, -0.15) is 18.4 Å². The quantitative estimate of drug-likeness (QED) is 0.725. The lowest BCUT2D eigenvalue weighted by Gasteiger charge is -2.28. The van der Waals surface area contributed by atoms with Crippen LogP contribution in [0.3, 0.4) is 0 Å². The third-order valence-corrected chi connectivity index (χ3v) is 4.48. The third kappa shape index (κ3) is 3.14. The second-order valence-electron chi connectivity index (χ2n) is 5.80. The Kier molecular flexibility index (Phi) is 4.65. The molecule has 0 aromatic heterocycles. The summed E-state index contributed by atoms with van der Waals surface area (Å²) in [4.78, 5) is 5.01. The molecule has 2 aromatic rings. The molecule has 3 rings (SSSR count). The Bertz CT molecular complexity index is 930. The van der Waals surface area contributed by atoms with Crippen LogP contribution in [0.5, 0.6) is 0 Å². The van der Waals surface area contributed by atoms with E-state index < -0.39 is 11.8 Å². The Morgan fingerprint density at radius 2 is 1.77 bits per heavy atom. The fourth-order valence-electron chi connectivity index (χ4n) is 2.71. The van der Waals surface area contributed by atoms with E-state index in [-0.39, 0.29) is 21.3 Å². The van der Waals surface area contributed by atoms with Gasteiger partial charge in [0.2, 0.25) is 5.60 Å². The minimum Gasteiger partial charge on any atom is -0.265 e. The zero-order valence-corrected chi connectivity index (χ0v) is 14.8. The van der Waals surface area contributed by atoms with Crippen LogP contribution in [0.25, 0.3) is 5.70 Å². The molecule has 134 valence electrons. The highest BCUT2D eigenvalue weighted by Gasteiger charge is 2.59. The Morgan fingerprint density at radius 1 is 1.12 bits per heavy atom. The number of hydroxylamine groups is 1. The molecule has 2 aromatic carbocycles. The minimum atomic E-state index is -4.77. The predicted octanol–water partition coefficient (Wildman–Crippen LogP) is 5.51. The molecule has 0 aliphatic carbocycles. The Balaban J connectivity index is 2.14. The second kappa shape index (κ2) is 6.51. The highest BCUT2D eigenvalue weighted by atomic mass is 35.5. The number of hydrogen-bond acceptors (Lipinski definition) is 3. The standard InChI is InChI=1S/C18H11Cl2F3N2O/c1-10-4-11(2-3-12(10)9-24)16-8-17(26-25-16,18(21,22)23)13-5-14(19)7-15(20)6-13/h2-8,25H,1H3. The number of alkyl halides is 3. The fraction of sp³-hybridized carbons (Fsp3) is 0.167. The number of nitrogens with zero attached hydrogens (tertiary/aromatic N) is 1. The van der Waals surface area contributed by atoms with Gasteiger partial charge in [-0.25, -0.2) is 0 Å². The van der Waals surface area contributed by atoms with E-state index in [1.165, 1.54) is 12.1 Å². The topological polar surface area (TPSA) is 45.0 Å². The maximum atomic E-state index is 13.9. The Hall–Kier alpha value is -2.20. The van der Waals surface area contributed by atoms with Crippen LogP contribution in [0.15, 0.2) is 42.5 Å². The van der Waals surface area contributed by atoms with E-state index in [0.29, 0.717) is 16.7 Å². The largest absolute Gasteiger partial charge is 0.428 e. The number of halogens is 5.